The summed E-state index contributed by atoms with van der Waals surface area (Å²) in [5.41, 5.74) is 1.78. The zero-order chi connectivity index (χ0) is 15.1. The van der Waals surface area contributed by atoms with Crippen molar-refractivity contribution in [2.75, 3.05) is 13.7 Å². The molecule has 0 radical (unpaired) electrons. The third kappa shape index (κ3) is 4.63. The lowest BCUT2D eigenvalue weighted by Gasteiger charge is -2.28. The first-order valence-corrected chi connectivity index (χ1v) is 7.77. The Hall–Kier alpha value is -1.22. The van der Waals surface area contributed by atoms with Crippen LogP contribution in [0.4, 0.5) is 8.78 Å². The van der Waals surface area contributed by atoms with Crippen molar-refractivity contribution in [2.24, 2.45) is 5.92 Å². The van der Waals surface area contributed by atoms with E-state index in [2.05, 4.69) is 0 Å². The molecular weight excluding hydrogens is 270 g/mol. The van der Waals surface area contributed by atoms with E-state index in [9.17, 15) is 8.78 Å². The number of hydrogen-bond donors (Lipinski definition) is 0. The Morgan fingerprint density at radius 3 is 2.62 bits per heavy atom. The number of methoxy groups -OCH3 is 1. The van der Waals surface area contributed by atoms with E-state index in [4.69, 9.17) is 4.74 Å². The van der Waals surface area contributed by atoms with E-state index in [1.54, 1.807) is 13.2 Å². The lowest BCUT2D eigenvalue weighted by Crippen LogP contribution is -2.17. The molecule has 0 unspecified atom stereocenters. The molecule has 0 bridgehead atoms. The van der Waals surface area contributed by atoms with Gasteiger partial charge in [0.1, 0.15) is 5.82 Å². The van der Waals surface area contributed by atoms with Crippen LogP contribution in [-0.2, 0) is 11.2 Å². The summed E-state index contributed by atoms with van der Waals surface area (Å²) in [7, 11) is 1.75. The van der Waals surface area contributed by atoms with Gasteiger partial charge in [-0.15, -0.1) is 0 Å². The van der Waals surface area contributed by atoms with Crippen molar-refractivity contribution >= 4 is 0 Å². The van der Waals surface area contributed by atoms with E-state index in [0.29, 0.717) is 36.6 Å². The van der Waals surface area contributed by atoms with Gasteiger partial charge in [0, 0.05) is 13.7 Å². The van der Waals surface area contributed by atoms with Gasteiger partial charge in [0.05, 0.1) is 6.33 Å². The van der Waals surface area contributed by atoms with E-state index in [1.165, 1.54) is 6.08 Å². The van der Waals surface area contributed by atoms with Crippen LogP contribution in [0.5, 0.6) is 0 Å². The second-order valence-corrected chi connectivity index (χ2v) is 5.92. The highest BCUT2D eigenvalue weighted by atomic mass is 19.1. The predicted molar refractivity (Wildman–Crippen MR) is 81.5 cm³/mol. The molecule has 1 aromatic rings. The summed E-state index contributed by atoms with van der Waals surface area (Å²) in [4.78, 5) is 0. The first-order valence-electron chi connectivity index (χ1n) is 7.77. The summed E-state index contributed by atoms with van der Waals surface area (Å²) in [5.74, 6) is 0.967. The van der Waals surface area contributed by atoms with Crippen LogP contribution in [0.15, 0.2) is 30.6 Å². The summed E-state index contributed by atoms with van der Waals surface area (Å²) < 4.78 is 31.2. The minimum atomic E-state index is -0.154. The minimum Gasteiger partial charge on any atom is -0.384 e. The number of benzene rings is 1. The number of aryl methyl sites for hydroxylation is 1. The summed E-state index contributed by atoms with van der Waals surface area (Å²) in [5, 5.41) is 0. The number of hydrogen-bond acceptors (Lipinski definition) is 1. The molecule has 0 aromatic heterocycles. The van der Waals surface area contributed by atoms with E-state index < -0.39 is 0 Å². The first kappa shape index (κ1) is 16.2. The van der Waals surface area contributed by atoms with Gasteiger partial charge in [-0.1, -0.05) is 18.2 Å². The van der Waals surface area contributed by atoms with Crippen molar-refractivity contribution in [3.63, 3.8) is 0 Å². The van der Waals surface area contributed by atoms with Gasteiger partial charge in [-0.25, -0.2) is 8.78 Å². The highest BCUT2D eigenvalue weighted by Crippen LogP contribution is 2.36. The largest absolute Gasteiger partial charge is 0.384 e. The lowest BCUT2D eigenvalue weighted by molar-refractivity contribution is 0.127. The molecule has 3 heteroatoms. The fraction of sp³-hybridized carbons (Fsp3) is 0.556. The van der Waals surface area contributed by atoms with Crippen LogP contribution in [0.1, 0.15) is 49.1 Å². The maximum absolute atomic E-state index is 14.1. The van der Waals surface area contributed by atoms with Crippen LogP contribution < -0.4 is 0 Å². The van der Waals surface area contributed by atoms with Crippen LogP contribution in [0.2, 0.25) is 0 Å². The summed E-state index contributed by atoms with van der Waals surface area (Å²) in [6, 6.07) is 5.58. The normalized spacial score (nSPS) is 22.8. The molecule has 0 atom stereocenters. The Bertz CT molecular complexity index is 462. The monoisotopic (exact) mass is 294 g/mol. The Kier molecular flexibility index (Phi) is 6.37. The lowest BCUT2D eigenvalue weighted by atomic mass is 9.79. The molecule has 1 fully saturated rings. The summed E-state index contributed by atoms with van der Waals surface area (Å²) >= 11 is 0. The standard InChI is InChI=1S/C18H24F2O/c1-21-13-14-5-7-15(8-6-14)17-10-9-16(18(20)12-17)4-2-3-11-19/h3,9-12,14-15H,2,4-8,13H2,1H3/b11-3+/t14-,15-. The number of allylic oxidation sites excluding steroid dienone is 1. The fourth-order valence-corrected chi connectivity index (χ4v) is 3.22. The molecule has 116 valence electrons. The van der Waals surface area contributed by atoms with Gasteiger partial charge in [0.25, 0.3) is 0 Å². The Morgan fingerprint density at radius 2 is 2.00 bits per heavy atom. The van der Waals surface area contributed by atoms with Crippen molar-refractivity contribution in [3.8, 4) is 0 Å². The second kappa shape index (κ2) is 8.28. The van der Waals surface area contributed by atoms with Crippen molar-refractivity contribution in [1.82, 2.24) is 0 Å². The quantitative estimate of drug-likeness (QED) is 0.704. The van der Waals surface area contributed by atoms with Gasteiger partial charge < -0.3 is 4.74 Å². The molecule has 0 spiro atoms. The zero-order valence-corrected chi connectivity index (χ0v) is 12.7. The third-order valence-corrected chi connectivity index (χ3v) is 4.47. The minimum absolute atomic E-state index is 0.154. The Morgan fingerprint density at radius 1 is 1.24 bits per heavy atom. The molecule has 1 aromatic carbocycles. The van der Waals surface area contributed by atoms with Crippen molar-refractivity contribution in [2.45, 2.75) is 44.4 Å². The van der Waals surface area contributed by atoms with Gasteiger partial charge in [-0.05, 0) is 67.6 Å². The van der Waals surface area contributed by atoms with Gasteiger partial charge in [-0.2, -0.15) is 0 Å². The molecule has 0 saturated heterocycles. The SMILES string of the molecule is COC[C@H]1CC[C@H](c2ccc(CC/C=C/F)c(F)c2)CC1. The molecular formula is C18H24F2O. The van der Waals surface area contributed by atoms with Gasteiger partial charge in [0.2, 0.25) is 0 Å². The molecule has 2 rings (SSSR count). The maximum Gasteiger partial charge on any atom is 0.126 e. The topological polar surface area (TPSA) is 9.23 Å². The average Bonchev–Trinajstić information content (AvgIpc) is 2.50. The Balaban J connectivity index is 1.94. The van der Waals surface area contributed by atoms with E-state index in [1.807, 2.05) is 12.1 Å². The number of ether oxygens (including phenoxy) is 1. The van der Waals surface area contributed by atoms with E-state index in [0.717, 1.165) is 37.9 Å². The predicted octanol–water partition coefficient (Wildman–Crippen LogP) is 5.16. The molecule has 1 aliphatic rings. The highest BCUT2D eigenvalue weighted by molar-refractivity contribution is 5.27. The van der Waals surface area contributed by atoms with E-state index >= 15 is 0 Å². The molecule has 0 aliphatic heterocycles. The first-order chi connectivity index (χ1) is 10.2. The number of halogens is 2. The van der Waals surface area contributed by atoms with Crippen LogP contribution in [0.3, 0.4) is 0 Å². The molecule has 0 N–H and O–H groups in total. The molecule has 1 aliphatic carbocycles. The Labute approximate surface area is 126 Å². The van der Waals surface area contributed by atoms with Gasteiger partial charge in [-0.3, -0.25) is 0 Å². The van der Waals surface area contributed by atoms with Gasteiger partial charge >= 0.3 is 0 Å². The molecule has 0 amide bonds. The smallest absolute Gasteiger partial charge is 0.126 e. The van der Waals surface area contributed by atoms with Crippen LogP contribution in [-0.4, -0.2) is 13.7 Å². The summed E-state index contributed by atoms with van der Waals surface area (Å²) in [6.45, 7) is 0.835. The molecule has 21 heavy (non-hydrogen) atoms. The second-order valence-electron chi connectivity index (χ2n) is 5.92. The third-order valence-electron chi connectivity index (χ3n) is 4.47. The van der Waals surface area contributed by atoms with Crippen LogP contribution in [0, 0.1) is 11.7 Å². The van der Waals surface area contributed by atoms with Gasteiger partial charge in [0.15, 0.2) is 0 Å². The van der Waals surface area contributed by atoms with Crippen LogP contribution in [0.25, 0.3) is 0 Å². The molecule has 1 saturated carbocycles. The van der Waals surface area contributed by atoms with Crippen molar-refractivity contribution in [3.05, 3.63) is 47.5 Å². The maximum atomic E-state index is 14.1. The van der Waals surface area contributed by atoms with E-state index in [-0.39, 0.29) is 5.82 Å². The van der Waals surface area contributed by atoms with Crippen molar-refractivity contribution in [1.29, 1.82) is 0 Å². The van der Waals surface area contributed by atoms with Crippen LogP contribution >= 0.6 is 0 Å². The molecule has 0 heterocycles. The highest BCUT2D eigenvalue weighted by Gasteiger charge is 2.22. The summed E-state index contributed by atoms with van der Waals surface area (Å²) in [6.07, 6.45) is 7.55. The van der Waals surface area contributed by atoms with Crippen molar-refractivity contribution < 1.29 is 13.5 Å². The fourth-order valence-electron chi connectivity index (χ4n) is 3.22. The molecule has 1 nitrogen and oxygen atoms in total. The number of rotatable bonds is 6. The average molecular weight is 294 g/mol. The zero-order valence-electron chi connectivity index (χ0n) is 12.7.